The van der Waals surface area contributed by atoms with Gasteiger partial charge in [0.15, 0.2) is 0 Å². The van der Waals surface area contributed by atoms with Crippen LogP contribution in [0.3, 0.4) is 0 Å². The van der Waals surface area contributed by atoms with Crippen LogP contribution in [0.25, 0.3) is 50.2 Å². The second kappa shape index (κ2) is 12.7. The Balaban J connectivity index is 1.10. The number of nitrogens with zero attached hydrogens (tertiary/aromatic N) is 2. The minimum Gasteiger partial charge on any atom is -0.460 e. The fourth-order valence-corrected chi connectivity index (χ4v) is 8.82. The van der Waals surface area contributed by atoms with Gasteiger partial charge in [-0.3, -0.25) is 0 Å². The second-order valence-electron chi connectivity index (χ2n) is 14.3. The average molecular weight is 679 g/mol. The largest absolute Gasteiger partial charge is 0.460 e. The molecule has 3 nitrogen and oxygen atoms in total. The highest BCUT2D eigenvalue weighted by Crippen LogP contribution is 2.47. The first-order valence-electron chi connectivity index (χ1n) is 18.7. The number of anilines is 3. The highest BCUT2D eigenvalue weighted by atomic mass is 19.1. The number of furan rings is 1. The van der Waals surface area contributed by atoms with E-state index in [1.807, 2.05) is 6.08 Å². The van der Waals surface area contributed by atoms with Crippen molar-refractivity contribution in [2.75, 3.05) is 4.90 Å². The molecule has 52 heavy (non-hydrogen) atoms. The Morgan fingerprint density at radius 2 is 1.52 bits per heavy atom. The van der Waals surface area contributed by atoms with Gasteiger partial charge in [0.1, 0.15) is 17.2 Å². The Bertz CT molecular complexity index is 2570. The molecule has 0 N–H and O–H groups in total. The molecule has 0 spiro atoms. The van der Waals surface area contributed by atoms with E-state index in [0.29, 0.717) is 6.42 Å². The van der Waals surface area contributed by atoms with Crippen LogP contribution in [0.15, 0.2) is 150 Å². The number of fused-ring (bicyclic) bond motifs is 6. The molecule has 0 saturated carbocycles. The molecule has 2 heterocycles. The average Bonchev–Trinajstić information content (AvgIpc) is 3.75. The molecular weight excluding hydrogens is 640 g/mol. The van der Waals surface area contributed by atoms with Crippen molar-refractivity contribution in [3.05, 3.63) is 168 Å². The molecule has 0 radical (unpaired) electrons. The highest BCUT2D eigenvalue weighted by Gasteiger charge is 2.26. The van der Waals surface area contributed by atoms with E-state index in [-0.39, 0.29) is 11.9 Å². The first kappa shape index (κ1) is 30.9. The molecule has 0 aliphatic heterocycles. The Labute approximate surface area is 303 Å². The summed E-state index contributed by atoms with van der Waals surface area (Å²) in [5, 5.41) is 2.48. The number of hydrogen-bond acceptors (Lipinski definition) is 2. The predicted molar refractivity (Wildman–Crippen MR) is 213 cm³/mol. The zero-order chi connectivity index (χ0) is 34.6. The molecule has 1 atom stereocenters. The van der Waals surface area contributed by atoms with Crippen molar-refractivity contribution in [1.29, 1.82) is 0 Å². The van der Waals surface area contributed by atoms with Crippen LogP contribution in [0, 0.1) is 0 Å². The van der Waals surface area contributed by atoms with Crippen LogP contribution in [0.2, 0.25) is 0 Å². The SMILES string of the molecule is FC1=CCC(n2c3c(c4cc(-c5ccc(N(c6ccccc6-c6ccccc6)c6cccc7oc8c(c67)C=CCC8)cc5)ccc42)CCCC3)C=C1. The summed E-state index contributed by atoms with van der Waals surface area (Å²) in [5.41, 5.74) is 14.3. The van der Waals surface area contributed by atoms with Gasteiger partial charge in [-0.1, -0.05) is 91.0 Å². The van der Waals surface area contributed by atoms with Crippen LogP contribution in [0.5, 0.6) is 0 Å². The maximum atomic E-state index is 13.9. The fraction of sp³-hybridized carbons (Fsp3) is 0.167. The van der Waals surface area contributed by atoms with Gasteiger partial charge in [-0.2, -0.15) is 0 Å². The molecule has 7 aromatic rings. The van der Waals surface area contributed by atoms with E-state index in [2.05, 4.69) is 137 Å². The Morgan fingerprint density at radius 3 is 2.38 bits per heavy atom. The van der Waals surface area contributed by atoms with Gasteiger partial charge in [-0.15, -0.1) is 0 Å². The van der Waals surface area contributed by atoms with E-state index in [9.17, 15) is 4.39 Å². The van der Waals surface area contributed by atoms with E-state index in [4.69, 9.17) is 4.42 Å². The highest BCUT2D eigenvalue weighted by molar-refractivity contribution is 6.04. The van der Waals surface area contributed by atoms with E-state index in [1.54, 1.807) is 12.2 Å². The number of rotatable bonds is 6. The van der Waals surface area contributed by atoms with Gasteiger partial charge in [-0.05, 0) is 115 Å². The zero-order valence-corrected chi connectivity index (χ0v) is 29.1. The first-order valence-corrected chi connectivity index (χ1v) is 18.7. The molecule has 4 heteroatoms. The number of hydrogen-bond donors (Lipinski definition) is 0. The van der Waals surface area contributed by atoms with Gasteiger partial charge in [0.25, 0.3) is 0 Å². The standard InChI is InChI=1S/C48H39FN2O/c49-35-24-28-37(29-25-35)50-43-17-8-5-14-39(43)41-31-34(23-30-44(41)50)32-21-26-36(27-22-32)51(42-16-7-4-13-38(42)33-11-2-1-3-12-33)45-18-10-20-47-48(45)40-15-6-9-19-46(40)52-47/h1-4,6-7,10-13,15-16,18,20-28,30-31,37H,5,8-9,14,17,19,29H2. The van der Waals surface area contributed by atoms with Gasteiger partial charge in [0, 0.05) is 39.8 Å². The summed E-state index contributed by atoms with van der Waals surface area (Å²) in [6.07, 6.45) is 17.1. The number of benzene rings is 5. The van der Waals surface area contributed by atoms with Crippen molar-refractivity contribution >= 4 is 45.0 Å². The Hall–Kier alpha value is -5.87. The zero-order valence-electron chi connectivity index (χ0n) is 29.1. The topological polar surface area (TPSA) is 21.3 Å². The van der Waals surface area contributed by atoms with Gasteiger partial charge in [0.05, 0.1) is 22.8 Å². The number of halogens is 1. The Morgan fingerprint density at radius 1 is 0.712 bits per heavy atom. The molecule has 0 bridgehead atoms. The van der Waals surface area contributed by atoms with Gasteiger partial charge >= 0.3 is 0 Å². The lowest BCUT2D eigenvalue weighted by Gasteiger charge is -2.29. The summed E-state index contributed by atoms with van der Waals surface area (Å²) in [5.74, 6) is 0.929. The van der Waals surface area contributed by atoms with Crippen LogP contribution in [-0.4, -0.2) is 4.57 Å². The summed E-state index contributed by atoms with van der Waals surface area (Å²) in [7, 11) is 0. The van der Waals surface area contributed by atoms with Crippen molar-refractivity contribution in [3.8, 4) is 22.3 Å². The number of aromatic nitrogens is 1. The van der Waals surface area contributed by atoms with Gasteiger partial charge in [0.2, 0.25) is 0 Å². The molecule has 2 aromatic heterocycles. The normalized spacial score (nSPS) is 16.6. The molecule has 254 valence electrons. The molecular formula is C48H39FN2O. The molecule has 3 aliphatic carbocycles. The van der Waals surface area contributed by atoms with Gasteiger partial charge in [-0.25, -0.2) is 4.39 Å². The first-order chi connectivity index (χ1) is 25.7. The van der Waals surface area contributed by atoms with E-state index >= 15 is 0 Å². The van der Waals surface area contributed by atoms with Gasteiger partial charge < -0.3 is 13.9 Å². The minimum atomic E-state index is -0.132. The molecule has 10 rings (SSSR count). The third-order valence-corrected chi connectivity index (χ3v) is 11.2. The van der Waals surface area contributed by atoms with E-state index in [0.717, 1.165) is 59.5 Å². The summed E-state index contributed by atoms with van der Waals surface area (Å²) in [4.78, 5) is 2.40. The van der Waals surface area contributed by atoms with Crippen molar-refractivity contribution in [2.45, 2.75) is 51.0 Å². The lowest BCUT2D eigenvalue weighted by Crippen LogP contribution is -2.13. The molecule has 5 aromatic carbocycles. The third kappa shape index (κ3) is 5.16. The summed E-state index contributed by atoms with van der Waals surface area (Å²) in [6.45, 7) is 0. The van der Waals surface area contributed by atoms with Crippen molar-refractivity contribution in [1.82, 2.24) is 4.57 Å². The van der Waals surface area contributed by atoms with E-state index < -0.39 is 0 Å². The third-order valence-electron chi connectivity index (χ3n) is 11.2. The predicted octanol–water partition coefficient (Wildman–Crippen LogP) is 13.4. The monoisotopic (exact) mass is 678 g/mol. The summed E-state index contributed by atoms with van der Waals surface area (Å²) in [6, 6.07) is 41.9. The maximum absolute atomic E-state index is 13.9. The second-order valence-corrected chi connectivity index (χ2v) is 14.3. The lowest BCUT2D eigenvalue weighted by atomic mass is 9.94. The van der Waals surface area contributed by atoms with Crippen LogP contribution in [-0.2, 0) is 19.3 Å². The van der Waals surface area contributed by atoms with Crippen LogP contribution >= 0.6 is 0 Å². The van der Waals surface area contributed by atoms with E-state index in [1.165, 1.54) is 62.8 Å². The molecule has 3 aliphatic rings. The van der Waals surface area contributed by atoms with Crippen molar-refractivity contribution in [2.24, 2.45) is 0 Å². The van der Waals surface area contributed by atoms with Crippen LogP contribution in [0.4, 0.5) is 21.5 Å². The Kier molecular flexibility index (Phi) is 7.56. The molecule has 0 saturated heterocycles. The fourth-order valence-electron chi connectivity index (χ4n) is 8.82. The van der Waals surface area contributed by atoms with Crippen LogP contribution < -0.4 is 4.90 Å². The van der Waals surface area contributed by atoms with Crippen molar-refractivity contribution in [3.63, 3.8) is 0 Å². The maximum Gasteiger partial charge on any atom is 0.137 e. The van der Waals surface area contributed by atoms with Crippen molar-refractivity contribution < 1.29 is 8.81 Å². The van der Waals surface area contributed by atoms with Crippen LogP contribution in [0.1, 0.15) is 54.3 Å². The lowest BCUT2D eigenvalue weighted by molar-refractivity contribution is 0.546. The number of allylic oxidation sites excluding steroid dienone is 5. The number of para-hydroxylation sites is 1. The molecule has 1 unspecified atom stereocenters. The smallest absolute Gasteiger partial charge is 0.137 e. The molecule has 0 amide bonds. The quantitative estimate of drug-likeness (QED) is 0.175. The summed E-state index contributed by atoms with van der Waals surface area (Å²) >= 11 is 0. The molecule has 0 fully saturated rings. The summed E-state index contributed by atoms with van der Waals surface area (Å²) < 4.78 is 22.9. The minimum absolute atomic E-state index is 0.132. The number of aryl methyl sites for hydroxylation is 2.